The summed E-state index contributed by atoms with van der Waals surface area (Å²) < 4.78 is 7.78. The lowest BCUT2D eigenvalue weighted by atomic mass is 10.2. The van der Waals surface area contributed by atoms with E-state index in [9.17, 15) is 4.79 Å². The van der Waals surface area contributed by atoms with Gasteiger partial charge in [-0.2, -0.15) is 0 Å². The number of ether oxygens (including phenoxy) is 1. The summed E-state index contributed by atoms with van der Waals surface area (Å²) in [6, 6.07) is 8.63. The lowest BCUT2D eigenvalue weighted by Crippen LogP contribution is -2.41. The van der Waals surface area contributed by atoms with Crippen LogP contribution in [0, 0.1) is 0 Å². The first kappa shape index (κ1) is 18.0. The SMILES string of the molecule is CN(C(=O)OC(C)(C)C)[C@H]1CCN(Sc2ccc3cnccc3c2)C1. The molecule has 3 rings (SSSR count). The molecule has 1 amide bonds. The minimum Gasteiger partial charge on any atom is -0.444 e. The number of aromatic nitrogens is 1. The monoisotopic (exact) mass is 359 g/mol. The number of carbonyl (C=O) groups excluding carboxylic acids is 1. The van der Waals surface area contributed by atoms with E-state index in [1.807, 2.05) is 46.3 Å². The van der Waals surface area contributed by atoms with Crippen molar-refractivity contribution in [1.82, 2.24) is 14.2 Å². The number of fused-ring (bicyclic) bond motifs is 1. The average molecular weight is 359 g/mol. The van der Waals surface area contributed by atoms with Crippen LogP contribution in [0.15, 0.2) is 41.6 Å². The summed E-state index contributed by atoms with van der Waals surface area (Å²) in [5.41, 5.74) is -0.460. The van der Waals surface area contributed by atoms with E-state index in [1.165, 1.54) is 10.3 Å². The average Bonchev–Trinajstić information content (AvgIpc) is 3.01. The van der Waals surface area contributed by atoms with E-state index in [2.05, 4.69) is 27.5 Å². The smallest absolute Gasteiger partial charge is 0.410 e. The summed E-state index contributed by atoms with van der Waals surface area (Å²) in [5, 5.41) is 2.34. The Morgan fingerprint density at radius 2 is 2.12 bits per heavy atom. The van der Waals surface area contributed by atoms with Crippen LogP contribution in [0.25, 0.3) is 10.8 Å². The van der Waals surface area contributed by atoms with Crippen molar-refractivity contribution < 1.29 is 9.53 Å². The van der Waals surface area contributed by atoms with Gasteiger partial charge in [0, 0.05) is 48.9 Å². The summed E-state index contributed by atoms with van der Waals surface area (Å²) in [6.45, 7) is 7.48. The predicted molar refractivity (Wildman–Crippen MR) is 102 cm³/mol. The lowest BCUT2D eigenvalue weighted by molar-refractivity contribution is 0.0233. The Morgan fingerprint density at radius 3 is 2.88 bits per heavy atom. The first-order chi connectivity index (χ1) is 11.8. The highest BCUT2D eigenvalue weighted by Gasteiger charge is 2.31. The van der Waals surface area contributed by atoms with Crippen LogP contribution in [0.2, 0.25) is 0 Å². The molecule has 0 unspecified atom stereocenters. The number of benzene rings is 1. The molecule has 0 N–H and O–H groups in total. The Kier molecular flexibility index (Phi) is 5.20. The van der Waals surface area contributed by atoms with Crippen LogP contribution < -0.4 is 0 Å². The minimum atomic E-state index is -0.460. The van der Waals surface area contributed by atoms with Crippen LogP contribution in [-0.4, -0.2) is 52.1 Å². The molecule has 1 aromatic carbocycles. The number of rotatable bonds is 3. The van der Waals surface area contributed by atoms with Crippen LogP contribution in [0.4, 0.5) is 4.79 Å². The molecular weight excluding hydrogens is 334 g/mol. The van der Waals surface area contributed by atoms with E-state index in [1.54, 1.807) is 16.8 Å². The summed E-state index contributed by atoms with van der Waals surface area (Å²) in [4.78, 5) is 19.3. The molecule has 6 heteroatoms. The molecule has 5 nitrogen and oxygen atoms in total. The Labute approximate surface area is 153 Å². The van der Waals surface area contributed by atoms with Crippen LogP contribution in [-0.2, 0) is 4.74 Å². The highest BCUT2D eigenvalue weighted by Crippen LogP contribution is 2.30. The Balaban J connectivity index is 1.59. The molecule has 2 aromatic rings. The first-order valence-corrected chi connectivity index (χ1v) is 9.32. The van der Waals surface area contributed by atoms with Crippen molar-refractivity contribution in [3.05, 3.63) is 36.7 Å². The molecule has 25 heavy (non-hydrogen) atoms. The number of carbonyl (C=O) groups is 1. The third-order valence-corrected chi connectivity index (χ3v) is 5.26. The molecule has 1 saturated heterocycles. The second kappa shape index (κ2) is 7.22. The lowest BCUT2D eigenvalue weighted by Gasteiger charge is -2.28. The number of nitrogens with zero attached hydrogens (tertiary/aromatic N) is 3. The Hall–Kier alpha value is -1.79. The maximum Gasteiger partial charge on any atom is 0.410 e. The molecule has 2 heterocycles. The summed E-state index contributed by atoms with van der Waals surface area (Å²) in [6.07, 6.45) is 4.41. The van der Waals surface area contributed by atoms with Gasteiger partial charge in [0.1, 0.15) is 5.60 Å². The predicted octanol–water partition coefficient (Wildman–Crippen LogP) is 4.18. The quantitative estimate of drug-likeness (QED) is 0.769. The second-order valence-electron chi connectivity index (χ2n) is 7.40. The maximum absolute atomic E-state index is 12.2. The number of hydrogen-bond acceptors (Lipinski definition) is 5. The van der Waals surface area contributed by atoms with E-state index < -0.39 is 5.60 Å². The van der Waals surface area contributed by atoms with E-state index in [0.29, 0.717) is 0 Å². The summed E-state index contributed by atoms with van der Waals surface area (Å²) in [7, 11) is 1.83. The number of amides is 1. The number of hydrogen-bond donors (Lipinski definition) is 0. The molecule has 1 aliphatic rings. The van der Waals surface area contributed by atoms with Crippen molar-refractivity contribution in [3.63, 3.8) is 0 Å². The van der Waals surface area contributed by atoms with Gasteiger partial charge >= 0.3 is 6.09 Å². The van der Waals surface area contributed by atoms with Crippen molar-refractivity contribution in [2.24, 2.45) is 0 Å². The topological polar surface area (TPSA) is 45.7 Å². The summed E-state index contributed by atoms with van der Waals surface area (Å²) >= 11 is 1.75. The fourth-order valence-corrected chi connectivity index (χ4v) is 3.91. The highest BCUT2D eigenvalue weighted by molar-refractivity contribution is 7.97. The highest BCUT2D eigenvalue weighted by atomic mass is 32.2. The van der Waals surface area contributed by atoms with Crippen molar-refractivity contribution in [2.45, 2.75) is 43.7 Å². The van der Waals surface area contributed by atoms with E-state index in [4.69, 9.17) is 4.74 Å². The van der Waals surface area contributed by atoms with Gasteiger partial charge in [0.15, 0.2) is 0 Å². The van der Waals surface area contributed by atoms with Crippen LogP contribution in [0.1, 0.15) is 27.2 Å². The van der Waals surface area contributed by atoms with Gasteiger partial charge in [0.25, 0.3) is 0 Å². The first-order valence-electron chi connectivity index (χ1n) is 8.54. The fraction of sp³-hybridized carbons (Fsp3) is 0.474. The third-order valence-electron chi connectivity index (χ3n) is 4.20. The molecular formula is C19H25N3O2S. The van der Waals surface area contributed by atoms with Gasteiger partial charge in [-0.25, -0.2) is 9.10 Å². The third kappa shape index (κ3) is 4.64. The standard InChI is InChI=1S/C19H25N3O2S/c1-19(2,3)24-18(23)21(4)16-8-10-22(13-16)25-17-6-5-15-12-20-9-7-14(15)11-17/h5-7,9,11-12,16H,8,10,13H2,1-4H3/t16-/m0/s1. The van der Waals surface area contributed by atoms with Crippen molar-refractivity contribution in [3.8, 4) is 0 Å². The van der Waals surface area contributed by atoms with Gasteiger partial charge in [-0.3, -0.25) is 4.98 Å². The van der Waals surface area contributed by atoms with Gasteiger partial charge in [-0.05, 0) is 62.7 Å². The molecule has 0 spiro atoms. The molecule has 1 aromatic heterocycles. The second-order valence-corrected chi connectivity index (χ2v) is 8.57. The maximum atomic E-state index is 12.2. The van der Waals surface area contributed by atoms with E-state index in [-0.39, 0.29) is 12.1 Å². The van der Waals surface area contributed by atoms with Crippen molar-refractivity contribution in [1.29, 1.82) is 0 Å². The van der Waals surface area contributed by atoms with Crippen molar-refractivity contribution >= 4 is 28.8 Å². The molecule has 134 valence electrons. The largest absolute Gasteiger partial charge is 0.444 e. The van der Waals surface area contributed by atoms with Crippen LogP contribution in [0.3, 0.4) is 0 Å². The van der Waals surface area contributed by atoms with Crippen molar-refractivity contribution in [2.75, 3.05) is 20.1 Å². The Morgan fingerprint density at radius 1 is 1.32 bits per heavy atom. The molecule has 1 atom stereocenters. The number of likely N-dealkylation sites (N-methyl/N-ethyl adjacent to an activating group) is 1. The van der Waals surface area contributed by atoms with Gasteiger partial charge in [-0.15, -0.1) is 0 Å². The normalized spacial score (nSPS) is 18.5. The van der Waals surface area contributed by atoms with Crippen LogP contribution in [0.5, 0.6) is 0 Å². The molecule has 1 aliphatic heterocycles. The zero-order chi connectivity index (χ0) is 18.0. The van der Waals surface area contributed by atoms with Gasteiger partial charge in [0.05, 0.1) is 0 Å². The van der Waals surface area contributed by atoms with Gasteiger partial charge in [0.2, 0.25) is 0 Å². The van der Waals surface area contributed by atoms with Gasteiger partial charge in [-0.1, -0.05) is 6.07 Å². The Bertz CT molecular complexity index is 760. The zero-order valence-corrected chi connectivity index (χ0v) is 16.0. The van der Waals surface area contributed by atoms with Gasteiger partial charge < -0.3 is 9.64 Å². The van der Waals surface area contributed by atoms with E-state index in [0.717, 1.165) is 24.9 Å². The fourth-order valence-electron chi connectivity index (χ4n) is 2.86. The number of pyridine rings is 1. The zero-order valence-electron chi connectivity index (χ0n) is 15.2. The molecule has 1 fully saturated rings. The van der Waals surface area contributed by atoms with E-state index >= 15 is 0 Å². The minimum absolute atomic E-state index is 0.187. The molecule has 0 aliphatic carbocycles. The molecule has 0 saturated carbocycles. The van der Waals surface area contributed by atoms with Crippen LogP contribution >= 0.6 is 11.9 Å². The summed E-state index contributed by atoms with van der Waals surface area (Å²) in [5.74, 6) is 0. The molecule has 0 bridgehead atoms. The molecule has 0 radical (unpaired) electrons.